The quantitative estimate of drug-likeness (QED) is 0.829. The number of anilines is 1. The van der Waals surface area contributed by atoms with Crippen LogP contribution in [-0.2, 0) is 15.0 Å². The van der Waals surface area contributed by atoms with Crippen LogP contribution < -0.4 is 4.90 Å². The molecule has 1 fully saturated rings. The molecule has 1 saturated heterocycles. The van der Waals surface area contributed by atoms with Gasteiger partial charge in [-0.05, 0) is 11.6 Å². The second-order valence-corrected chi connectivity index (χ2v) is 5.74. The van der Waals surface area contributed by atoms with Gasteiger partial charge in [0.2, 0.25) is 0 Å². The lowest BCUT2D eigenvalue weighted by Crippen LogP contribution is -2.53. The fourth-order valence-corrected chi connectivity index (χ4v) is 2.33. The van der Waals surface area contributed by atoms with Gasteiger partial charge in [0.1, 0.15) is 0 Å². The standard InChI is InChI=1S/C15H20N2O3/c1-15(2,10-18)11-6-4-5-7-12(11)17-9-8-16(3)13(19)14(17)20/h4-7,18H,8-10H2,1-3H3. The first-order valence-corrected chi connectivity index (χ1v) is 6.66. The van der Waals surface area contributed by atoms with E-state index in [0.717, 1.165) is 5.56 Å². The van der Waals surface area contributed by atoms with Gasteiger partial charge in [-0.1, -0.05) is 32.0 Å². The van der Waals surface area contributed by atoms with Gasteiger partial charge in [0.15, 0.2) is 0 Å². The van der Waals surface area contributed by atoms with Gasteiger partial charge >= 0.3 is 11.8 Å². The number of benzene rings is 1. The van der Waals surface area contributed by atoms with Crippen molar-refractivity contribution >= 4 is 17.5 Å². The number of carbonyl (C=O) groups excluding carboxylic acids is 2. The van der Waals surface area contributed by atoms with Crippen LogP contribution in [0.3, 0.4) is 0 Å². The van der Waals surface area contributed by atoms with E-state index in [1.54, 1.807) is 7.05 Å². The van der Waals surface area contributed by atoms with Crippen molar-refractivity contribution in [2.24, 2.45) is 0 Å². The van der Waals surface area contributed by atoms with E-state index in [0.29, 0.717) is 18.8 Å². The molecule has 0 atom stereocenters. The monoisotopic (exact) mass is 276 g/mol. The third kappa shape index (κ3) is 2.41. The summed E-state index contributed by atoms with van der Waals surface area (Å²) < 4.78 is 0. The van der Waals surface area contributed by atoms with E-state index in [1.807, 2.05) is 38.1 Å². The molecule has 0 spiro atoms. The van der Waals surface area contributed by atoms with Gasteiger partial charge in [0.25, 0.3) is 0 Å². The van der Waals surface area contributed by atoms with Crippen molar-refractivity contribution in [3.05, 3.63) is 29.8 Å². The topological polar surface area (TPSA) is 60.9 Å². The van der Waals surface area contributed by atoms with E-state index < -0.39 is 17.2 Å². The van der Waals surface area contributed by atoms with Crippen LogP contribution in [0.5, 0.6) is 0 Å². The predicted molar refractivity (Wildman–Crippen MR) is 76.5 cm³/mol. The van der Waals surface area contributed by atoms with Crippen LogP contribution in [0, 0.1) is 0 Å². The van der Waals surface area contributed by atoms with Crippen LogP contribution in [-0.4, -0.2) is 48.6 Å². The number of hydrogen-bond donors (Lipinski definition) is 1. The van der Waals surface area contributed by atoms with Crippen molar-refractivity contribution < 1.29 is 14.7 Å². The second kappa shape index (κ2) is 5.25. The highest BCUT2D eigenvalue weighted by Crippen LogP contribution is 2.32. The number of amides is 2. The number of aliphatic hydroxyl groups is 1. The van der Waals surface area contributed by atoms with E-state index in [2.05, 4.69) is 0 Å². The Kier molecular flexibility index (Phi) is 3.81. The SMILES string of the molecule is CN1CCN(c2ccccc2C(C)(C)CO)C(=O)C1=O. The first kappa shape index (κ1) is 14.5. The molecule has 1 aliphatic heterocycles. The maximum absolute atomic E-state index is 12.2. The molecule has 0 saturated carbocycles. The molecule has 108 valence electrons. The van der Waals surface area contributed by atoms with Gasteiger partial charge in [-0.15, -0.1) is 0 Å². The van der Waals surface area contributed by atoms with Gasteiger partial charge in [-0.25, -0.2) is 0 Å². The van der Waals surface area contributed by atoms with E-state index in [-0.39, 0.29) is 6.61 Å². The number of likely N-dealkylation sites (N-methyl/N-ethyl adjacent to an activating group) is 1. The molecule has 2 rings (SSSR count). The van der Waals surface area contributed by atoms with Gasteiger partial charge in [-0.2, -0.15) is 0 Å². The summed E-state index contributed by atoms with van der Waals surface area (Å²) in [5.74, 6) is -1.01. The van der Waals surface area contributed by atoms with Gasteiger partial charge in [-0.3, -0.25) is 9.59 Å². The van der Waals surface area contributed by atoms with Crippen LogP contribution in [0.4, 0.5) is 5.69 Å². The average molecular weight is 276 g/mol. The molecule has 5 nitrogen and oxygen atoms in total. The highest BCUT2D eigenvalue weighted by molar-refractivity contribution is 6.41. The lowest BCUT2D eigenvalue weighted by atomic mass is 9.84. The number of para-hydroxylation sites is 1. The summed E-state index contributed by atoms with van der Waals surface area (Å²) in [6.07, 6.45) is 0. The molecule has 1 aromatic rings. The number of hydrogen-bond acceptors (Lipinski definition) is 3. The van der Waals surface area contributed by atoms with Crippen LogP contribution in [0.25, 0.3) is 0 Å². The zero-order valence-electron chi connectivity index (χ0n) is 12.1. The Hall–Kier alpha value is -1.88. The lowest BCUT2D eigenvalue weighted by molar-refractivity contribution is -0.145. The van der Waals surface area contributed by atoms with Crippen molar-refractivity contribution in [2.45, 2.75) is 19.3 Å². The van der Waals surface area contributed by atoms with Crippen molar-refractivity contribution in [3.8, 4) is 0 Å². The Bertz CT molecular complexity index is 540. The minimum atomic E-state index is -0.514. The summed E-state index contributed by atoms with van der Waals surface area (Å²) in [5.41, 5.74) is 1.11. The Labute approximate surface area is 118 Å². The highest BCUT2D eigenvalue weighted by Gasteiger charge is 2.34. The molecule has 0 radical (unpaired) electrons. The van der Waals surface area contributed by atoms with E-state index >= 15 is 0 Å². The minimum Gasteiger partial charge on any atom is -0.395 e. The highest BCUT2D eigenvalue weighted by atomic mass is 16.3. The van der Waals surface area contributed by atoms with Gasteiger partial charge in [0, 0.05) is 31.2 Å². The molecular weight excluding hydrogens is 256 g/mol. The molecule has 1 heterocycles. The summed E-state index contributed by atoms with van der Waals surface area (Å²) >= 11 is 0. The summed E-state index contributed by atoms with van der Waals surface area (Å²) in [4.78, 5) is 26.9. The molecule has 1 aliphatic rings. The maximum atomic E-state index is 12.2. The molecule has 20 heavy (non-hydrogen) atoms. The smallest absolute Gasteiger partial charge is 0.316 e. The van der Waals surface area contributed by atoms with Gasteiger partial charge < -0.3 is 14.9 Å². The third-order valence-electron chi connectivity index (χ3n) is 3.75. The maximum Gasteiger partial charge on any atom is 0.316 e. The number of carbonyl (C=O) groups is 2. The Morgan fingerprint density at radius 1 is 1.15 bits per heavy atom. The molecule has 0 aromatic heterocycles. The predicted octanol–water partition coefficient (Wildman–Crippen LogP) is 0.761. The first-order valence-electron chi connectivity index (χ1n) is 6.66. The fourth-order valence-electron chi connectivity index (χ4n) is 2.33. The van der Waals surface area contributed by atoms with Crippen molar-refractivity contribution in [2.75, 3.05) is 31.6 Å². The molecule has 1 aromatic carbocycles. The average Bonchev–Trinajstić information content (AvgIpc) is 2.45. The van der Waals surface area contributed by atoms with Crippen LogP contribution in [0.1, 0.15) is 19.4 Å². The van der Waals surface area contributed by atoms with Crippen molar-refractivity contribution in [3.63, 3.8) is 0 Å². The van der Waals surface area contributed by atoms with Crippen molar-refractivity contribution in [1.29, 1.82) is 0 Å². The Balaban J connectivity index is 2.44. The number of piperazine rings is 1. The summed E-state index contributed by atoms with van der Waals surface area (Å²) in [5, 5.41) is 9.55. The number of nitrogens with zero attached hydrogens (tertiary/aromatic N) is 2. The normalized spacial score (nSPS) is 16.8. The third-order valence-corrected chi connectivity index (χ3v) is 3.75. The minimum absolute atomic E-state index is 0.0279. The molecule has 1 N–H and O–H groups in total. The molecular formula is C15H20N2O3. The van der Waals surface area contributed by atoms with Crippen LogP contribution in [0.15, 0.2) is 24.3 Å². The zero-order chi connectivity index (χ0) is 14.9. The van der Waals surface area contributed by atoms with E-state index in [9.17, 15) is 14.7 Å². The van der Waals surface area contributed by atoms with E-state index in [1.165, 1.54) is 9.80 Å². The van der Waals surface area contributed by atoms with Crippen LogP contribution >= 0.6 is 0 Å². The van der Waals surface area contributed by atoms with Gasteiger partial charge in [0.05, 0.1) is 6.61 Å². The summed E-state index contributed by atoms with van der Waals surface area (Å²) in [7, 11) is 1.63. The Morgan fingerprint density at radius 2 is 1.80 bits per heavy atom. The molecule has 0 aliphatic carbocycles. The Morgan fingerprint density at radius 3 is 2.45 bits per heavy atom. The lowest BCUT2D eigenvalue weighted by Gasteiger charge is -2.35. The fraction of sp³-hybridized carbons (Fsp3) is 0.467. The van der Waals surface area contributed by atoms with Crippen LogP contribution in [0.2, 0.25) is 0 Å². The van der Waals surface area contributed by atoms with Crippen molar-refractivity contribution in [1.82, 2.24) is 4.90 Å². The molecule has 2 amide bonds. The first-order chi connectivity index (χ1) is 9.38. The summed E-state index contributed by atoms with van der Waals surface area (Å²) in [6.45, 7) is 4.78. The second-order valence-electron chi connectivity index (χ2n) is 5.74. The number of aliphatic hydroxyl groups excluding tert-OH is 1. The summed E-state index contributed by atoms with van der Waals surface area (Å²) in [6, 6.07) is 7.42. The van der Waals surface area contributed by atoms with E-state index in [4.69, 9.17) is 0 Å². The molecule has 0 unspecified atom stereocenters. The number of rotatable bonds is 3. The molecule has 0 bridgehead atoms. The molecule has 5 heteroatoms. The zero-order valence-corrected chi connectivity index (χ0v) is 12.1. The largest absolute Gasteiger partial charge is 0.395 e.